The number of hydrogen-bond donors (Lipinski definition) is 0. The predicted octanol–water partition coefficient (Wildman–Crippen LogP) is 9.98. The van der Waals surface area contributed by atoms with Crippen LogP contribution in [0, 0.1) is 96.9 Å². The van der Waals surface area contributed by atoms with Crippen molar-refractivity contribution in [1.82, 2.24) is 0 Å². The van der Waals surface area contributed by atoms with Crippen molar-refractivity contribution < 1.29 is 0 Å². The lowest BCUT2D eigenvalue weighted by Crippen LogP contribution is -2.06. The van der Waals surface area contributed by atoms with Gasteiger partial charge >= 0.3 is 0 Å². The number of aryl methyl sites for hydroxylation is 8. The minimum Gasteiger partial charge on any atom is -0.0444 e. The summed E-state index contributed by atoms with van der Waals surface area (Å²) in [5.74, 6) is 0. The highest BCUT2D eigenvalue weighted by atomic mass is 14.3. The number of benzene rings is 4. The first-order chi connectivity index (χ1) is 15.7. The van der Waals surface area contributed by atoms with Crippen LogP contribution in [0.3, 0.4) is 0 Å². The molecule has 0 saturated heterocycles. The van der Waals surface area contributed by atoms with Crippen molar-refractivity contribution in [2.75, 3.05) is 0 Å². The average molecular weight is 451 g/mol. The molecule has 0 fully saturated rings. The van der Waals surface area contributed by atoms with E-state index in [-0.39, 0.29) is 0 Å². The second-order valence-corrected chi connectivity index (χ2v) is 11.0. The summed E-state index contributed by atoms with van der Waals surface area (Å²) in [5.41, 5.74) is 23.0. The largest absolute Gasteiger partial charge is 0.0444 e. The van der Waals surface area contributed by atoms with Gasteiger partial charge in [-0.15, -0.1) is 0 Å². The second kappa shape index (κ2) is 7.98. The number of fused-ring (bicyclic) bond motifs is 2. The molecule has 0 unspecified atom stereocenters. The fourth-order valence-electron chi connectivity index (χ4n) is 6.81. The topological polar surface area (TPSA) is 0 Å². The van der Waals surface area contributed by atoms with Crippen molar-refractivity contribution in [2.24, 2.45) is 0 Å². The Morgan fingerprint density at radius 3 is 0.588 bits per heavy atom. The molecular weight excluding hydrogens is 408 g/mol. The molecule has 34 heavy (non-hydrogen) atoms. The van der Waals surface area contributed by atoms with Crippen molar-refractivity contribution in [3.05, 3.63) is 77.9 Å². The second-order valence-electron chi connectivity index (χ2n) is 11.0. The van der Waals surface area contributed by atoms with Gasteiger partial charge in [0.1, 0.15) is 0 Å². The highest BCUT2D eigenvalue weighted by molar-refractivity contribution is 6.05. The molecule has 0 radical (unpaired) electrons. The Balaban J connectivity index is 2.32. The molecule has 0 aliphatic carbocycles. The van der Waals surface area contributed by atoms with Crippen LogP contribution in [0.5, 0.6) is 0 Å². The van der Waals surface area contributed by atoms with Crippen molar-refractivity contribution in [2.45, 2.75) is 96.9 Å². The zero-order valence-electron chi connectivity index (χ0n) is 24.0. The van der Waals surface area contributed by atoms with E-state index in [1.807, 2.05) is 0 Å². The van der Waals surface area contributed by atoms with E-state index in [2.05, 4.69) is 96.9 Å². The van der Waals surface area contributed by atoms with Crippen molar-refractivity contribution in [1.29, 1.82) is 0 Å². The van der Waals surface area contributed by atoms with Gasteiger partial charge < -0.3 is 0 Å². The molecule has 4 aromatic carbocycles. The molecule has 4 rings (SSSR count). The highest BCUT2D eigenvalue weighted by Gasteiger charge is 2.24. The van der Waals surface area contributed by atoms with Crippen LogP contribution < -0.4 is 0 Å². The van der Waals surface area contributed by atoms with Crippen LogP contribution in [0.4, 0.5) is 0 Å². The molecule has 0 aromatic heterocycles. The van der Waals surface area contributed by atoms with Gasteiger partial charge in [-0.3, -0.25) is 0 Å². The lowest BCUT2D eigenvalue weighted by Gasteiger charge is -2.27. The molecule has 0 heteroatoms. The van der Waals surface area contributed by atoms with Crippen LogP contribution in [0.15, 0.2) is 0 Å². The van der Waals surface area contributed by atoms with Crippen LogP contribution in [-0.2, 0) is 0 Å². The molecule has 0 aliphatic heterocycles. The fraction of sp³-hybridized carbons (Fsp3) is 0.412. The quantitative estimate of drug-likeness (QED) is 0.270. The van der Waals surface area contributed by atoms with E-state index >= 15 is 0 Å². The van der Waals surface area contributed by atoms with E-state index in [1.165, 1.54) is 111 Å². The Morgan fingerprint density at radius 2 is 0.353 bits per heavy atom. The highest BCUT2D eigenvalue weighted by Crippen LogP contribution is 2.46. The smallest absolute Gasteiger partial charge is 0.0111 e. The lowest BCUT2D eigenvalue weighted by molar-refractivity contribution is 1.21. The van der Waals surface area contributed by atoms with Gasteiger partial charge in [-0.2, -0.15) is 0 Å². The van der Waals surface area contributed by atoms with E-state index in [0.717, 1.165) is 0 Å². The summed E-state index contributed by atoms with van der Waals surface area (Å²) in [6.45, 7) is 32.5. The summed E-state index contributed by atoms with van der Waals surface area (Å²) < 4.78 is 0. The first kappa shape index (κ1) is 24.5. The summed E-state index contributed by atoms with van der Waals surface area (Å²) in [7, 11) is 0. The Labute approximate surface area is 207 Å². The van der Waals surface area contributed by atoms with Gasteiger partial charge in [0.2, 0.25) is 0 Å². The van der Waals surface area contributed by atoms with Crippen molar-refractivity contribution in [3.63, 3.8) is 0 Å². The van der Waals surface area contributed by atoms with Crippen molar-refractivity contribution >= 4 is 21.5 Å². The van der Waals surface area contributed by atoms with Gasteiger partial charge in [0.15, 0.2) is 0 Å². The number of hydrogen-bond acceptors (Lipinski definition) is 0. The monoisotopic (exact) mass is 450 g/mol. The van der Waals surface area contributed by atoms with E-state index in [1.54, 1.807) is 0 Å². The third-order valence-electron chi connectivity index (χ3n) is 9.75. The molecule has 0 N–H and O–H groups in total. The average Bonchev–Trinajstić information content (AvgIpc) is 2.80. The standard InChI is InChI=1S/C34H42/c1-15-17(3)21(7)31-27(13)33(25(11)23(9)29(31)19(15)5)34-26(12)24(10)30-20(6)16(2)18(4)22(8)32(30)28(34)14/h1-14H3. The molecule has 0 atom stereocenters. The van der Waals surface area contributed by atoms with Crippen LogP contribution in [-0.4, -0.2) is 0 Å². The summed E-state index contributed by atoms with van der Waals surface area (Å²) in [5, 5.41) is 5.85. The normalized spacial score (nSPS) is 11.8. The van der Waals surface area contributed by atoms with E-state index in [0.29, 0.717) is 0 Å². The maximum atomic E-state index is 2.36. The van der Waals surface area contributed by atoms with Crippen molar-refractivity contribution in [3.8, 4) is 11.1 Å². The van der Waals surface area contributed by atoms with Gasteiger partial charge in [0, 0.05) is 0 Å². The van der Waals surface area contributed by atoms with Crippen LogP contribution in [0.2, 0.25) is 0 Å². The molecular formula is C34H42. The molecule has 0 amide bonds. The van der Waals surface area contributed by atoms with Crippen LogP contribution >= 0.6 is 0 Å². The van der Waals surface area contributed by atoms with E-state index < -0.39 is 0 Å². The zero-order valence-corrected chi connectivity index (χ0v) is 24.0. The molecule has 0 bridgehead atoms. The Hall–Kier alpha value is -2.60. The van der Waals surface area contributed by atoms with Gasteiger partial charge in [-0.25, -0.2) is 0 Å². The first-order valence-electron chi connectivity index (χ1n) is 12.8. The van der Waals surface area contributed by atoms with Gasteiger partial charge in [0.25, 0.3) is 0 Å². The minimum atomic E-state index is 1.43. The van der Waals surface area contributed by atoms with Gasteiger partial charge in [-0.05, 0) is 207 Å². The molecule has 0 spiro atoms. The summed E-state index contributed by atoms with van der Waals surface area (Å²) in [4.78, 5) is 0. The SMILES string of the molecule is Cc1c(C)c(C)c2c(C)c(-c3c(C)c(C)c4c(C)c(C)c(C)c(C)c4c3C)c(C)c(C)c2c1C. The Bertz CT molecular complexity index is 1440. The molecule has 178 valence electrons. The van der Waals surface area contributed by atoms with Gasteiger partial charge in [0.05, 0.1) is 0 Å². The summed E-state index contributed by atoms with van der Waals surface area (Å²) in [6.07, 6.45) is 0. The molecule has 0 aliphatic rings. The Morgan fingerprint density at radius 1 is 0.176 bits per heavy atom. The third kappa shape index (κ3) is 2.97. The molecule has 0 saturated carbocycles. The third-order valence-corrected chi connectivity index (χ3v) is 9.75. The van der Waals surface area contributed by atoms with E-state index in [9.17, 15) is 0 Å². The minimum absolute atomic E-state index is 1.43. The Kier molecular flexibility index (Phi) is 5.75. The molecule has 0 heterocycles. The molecule has 0 nitrogen and oxygen atoms in total. The zero-order chi connectivity index (χ0) is 25.5. The molecule has 4 aromatic rings. The maximum absolute atomic E-state index is 2.36. The first-order valence-corrected chi connectivity index (χ1v) is 12.8. The maximum Gasteiger partial charge on any atom is -0.0111 e. The summed E-state index contributed by atoms with van der Waals surface area (Å²) >= 11 is 0. The lowest BCUT2D eigenvalue weighted by atomic mass is 9.77. The number of rotatable bonds is 1. The fourth-order valence-corrected chi connectivity index (χ4v) is 6.81. The van der Waals surface area contributed by atoms with Gasteiger partial charge in [-0.1, -0.05) is 0 Å². The summed E-state index contributed by atoms with van der Waals surface area (Å²) in [6, 6.07) is 0. The van der Waals surface area contributed by atoms with Crippen LogP contribution in [0.25, 0.3) is 32.7 Å². The van der Waals surface area contributed by atoms with Crippen LogP contribution in [0.1, 0.15) is 77.9 Å². The van der Waals surface area contributed by atoms with E-state index in [4.69, 9.17) is 0 Å². The predicted molar refractivity (Wildman–Crippen MR) is 153 cm³/mol.